The number of benzene rings is 2. The molecule has 0 aromatic heterocycles. The fourth-order valence-corrected chi connectivity index (χ4v) is 4.53. The molecular weight excluding hydrogens is 540 g/mol. The van der Waals surface area contributed by atoms with Gasteiger partial charge in [-0.05, 0) is 11.1 Å². The smallest absolute Gasteiger partial charge is 0.243 e. The van der Waals surface area contributed by atoms with Crippen LogP contribution in [0.4, 0.5) is 0 Å². The number of halogens is 2. The van der Waals surface area contributed by atoms with Crippen LogP contribution in [0, 0.1) is 0 Å². The van der Waals surface area contributed by atoms with Crippen LogP contribution in [-0.4, -0.2) is 86.8 Å². The molecule has 0 saturated carbocycles. The number of aliphatic hydroxyl groups is 2. The molecule has 2 heterocycles. The third-order valence-electron chi connectivity index (χ3n) is 6.36. The van der Waals surface area contributed by atoms with Crippen LogP contribution in [0.25, 0.3) is 11.1 Å². The summed E-state index contributed by atoms with van der Waals surface area (Å²) in [7, 11) is 8.42. The van der Waals surface area contributed by atoms with Crippen molar-refractivity contribution in [1.82, 2.24) is 0 Å². The molecule has 2 aromatic rings. The van der Waals surface area contributed by atoms with E-state index in [1.54, 1.807) is 0 Å². The number of quaternary nitrogens is 2. The van der Waals surface area contributed by atoms with Gasteiger partial charge in [-0.15, -0.1) is 0 Å². The zero-order chi connectivity index (χ0) is 21.6. The molecule has 2 aromatic carbocycles. The number of hydrogen-bond acceptors (Lipinski definition) is 4. The fourth-order valence-electron chi connectivity index (χ4n) is 4.53. The van der Waals surface area contributed by atoms with Gasteiger partial charge in [0.15, 0.2) is 0 Å². The van der Waals surface area contributed by atoms with Gasteiger partial charge in [0, 0.05) is 11.1 Å². The van der Waals surface area contributed by atoms with Gasteiger partial charge >= 0.3 is 0 Å². The third-order valence-corrected chi connectivity index (χ3v) is 6.36. The zero-order valence-electron chi connectivity index (χ0n) is 19.2. The molecule has 0 bridgehead atoms. The Morgan fingerprint density at radius 3 is 1.22 bits per heavy atom. The number of nitrogens with zero attached hydrogens (tertiary/aromatic N) is 2. The van der Waals surface area contributed by atoms with Crippen LogP contribution >= 0.6 is 0 Å². The number of rotatable bonds is 3. The molecule has 178 valence electrons. The minimum atomic E-state index is -1.25. The molecule has 8 heteroatoms. The topological polar surface area (TPSA) is 58.9 Å². The zero-order valence-corrected chi connectivity index (χ0v) is 22.4. The average molecular weight is 574 g/mol. The van der Waals surface area contributed by atoms with Crippen molar-refractivity contribution in [1.29, 1.82) is 0 Å². The van der Waals surface area contributed by atoms with E-state index in [2.05, 4.69) is 28.2 Å². The highest BCUT2D eigenvalue weighted by Gasteiger charge is 2.43. The summed E-state index contributed by atoms with van der Waals surface area (Å²) >= 11 is 0. The number of hydrogen-bond donors (Lipinski definition) is 2. The highest BCUT2D eigenvalue weighted by molar-refractivity contribution is 5.64. The van der Waals surface area contributed by atoms with E-state index >= 15 is 0 Å². The number of likely N-dealkylation sites (N-methyl/N-ethyl adjacent to an activating group) is 2. The normalized spacial score (nSPS) is 28.8. The molecule has 0 spiro atoms. The van der Waals surface area contributed by atoms with Gasteiger partial charge in [0.25, 0.3) is 0 Å². The molecule has 2 aliphatic heterocycles. The van der Waals surface area contributed by atoms with Gasteiger partial charge in [-0.1, -0.05) is 48.5 Å². The lowest BCUT2D eigenvalue weighted by Crippen LogP contribution is -3.00. The van der Waals surface area contributed by atoms with Gasteiger partial charge in [0.05, 0.1) is 41.4 Å². The first-order valence-electron chi connectivity index (χ1n) is 10.6. The summed E-state index contributed by atoms with van der Waals surface area (Å²) in [5.41, 5.74) is 3.65. The Bertz CT molecular complexity index is 830. The van der Waals surface area contributed by atoms with E-state index in [0.717, 1.165) is 44.3 Å². The summed E-state index contributed by atoms with van der Waals surface area (Å²) in [4.78, 5) is 0. The first-order chi connectivity index (χ1) is 14.0. The summed E-state index contributed by atoms with van der Waals surface area (Å²) in [6, 6.07) is 15.8. The van der Waals surface area contributed by atoms with Crippen molar-refractivity contribution >= 4 is 0 Å². The molecule has 4 rings (SSSR count). The minimum absolute atomic E-state index is 0. The molecule has 32 heavy (non-hydrogen) atoms. The molecule has 2 fully saturated rings. The Morgan fingerprint density at radius 2 is 0.938 bits per heavy atom. The highest BCUT2D eigenvalue weighted by Crippen LogP contribution is 2.33. The Balaban J connectivity index is 0.00000181. The molecule has 6 nitrogen and oxygen atoms in total. The van der Waals surface area contributed by atoms with Crippen LogP contribution in [0.3, 0.4) is 0 Å². The van der Waals surface area contributed by atoms with Gasteiger partial charge in [0.1, 0.15) is 26.2 Å². The fraction of sp³-hybridized carbons (Fsp3) is 0.500. The van der Waals surface area contributed by atoms with E-state index < -0.39 is 11.6 Å². The van der Waals surface area contributed by atoms with E-state index in [0.29, 0.717) is 26.3 Å². The van der Waals surface area contributed by atoms with Crippen molar-refractivity contribution in [3.63, 3.8) is 0 Å². The molecule has 2 aliphatic rings. The number of morpholine rings is 2. The average Bonchev–Trinajstić information content (AvgIpc) is 2.66. The monoisotopic (exact) mass is 572 g/mol. The number of ether oxygens (including phenoxy) is 2. The third kappa shape index (κ3) is 5.80. The predicted octanol–water partition coefficient (Wildman–Crippen LogP) is -4.13. The lowest BCUT2D eigenvalue weighted by molar-refractivity contribution is -0.912. The Morgan fingerprint density at radius 1 is 0.625 bits per heavy atom. The Labute approximate surface area is 212 Å². The van der Waals surface area contributed by atoms with Crippen LogP contribution in [0.5, 0.6) is 0 Å². The maximum Gasteiger partial charge on any atom is 0.243 e. The molecule has 0 unspecified atom stereocenters. The van der Waals surface area contributed by atoms with Crippen LogP contribution in [0.2, 0.25) is 0 Å². The van der Waals surface area contributed by atoms with Crippen LogP contribution in [0.15, 0.2) is 48.5 Å². The van der Waals surface area contributed by atoms with Crippen LogP contribution in [0.1, 0.15) is 11.1 Å². The lowest BCUT2D eigenvalue weighted by atomic mass is 9.96. The summed E-state index contributed by atoms with van der Waals surface area (Å²) in [6.45, 7) is 3.89. The van der Waals surface area contributed by atoms with Gasteiger partial charge in [-0.3, -0.25) is 0 Å². The Kier molecular flexibility index (Phi) is 8.39. The van der Waals surface area contributed by atoms with Crippen LogP contribution in [-0.2, 0) is 21.0 Å². The maximum absolute atomic E-state index is 11.0. The molecule has 2 N–H and O–H groups in total. The van der Waals surface area contributed by atoms with Gasteiger partial charge < -0.3 is 62.6 Å². The summed E-state index contributed by atoms with van der Waals surface area (Å²) in [5.74, 6) is -2.51. The Hall–Kier alpha value is -0.840. The summed E-state index contributed by atoms with van der Waals surface area (Å²) in [5, 5.41) is 22.0. The molecule has 2 saturated heterocycles. The van der Waals surface area contributed by atoms with E-state index in [4.69, 9.17) is 9.47 Å². The van der Waals surface area contributed by atoms with Gasteiger partial charge in [-0.2, -0.15) is 0 Å². The van der Waals surface area contributed by atoms with Gasteiger partial charge in [0.2, 0.25) is 11.6 Å². The van der Waals surface area contributed by atoms with Crippen LogP contribution < -0.4 is 34.0 Å². The van der Waals surface area contributed by atoms with Crippen molar-refractivity contribution in [2.45, 2.75) is 11.6 Å². The second-order valence-corrected chi connectivity index (χ2v) is 10.1. The predicted molar refractivity (Wildman–Crippen MR) is 115 cm³/mol. The molecule has 2 atom stereocenters. The quantitative estimate of drug-likeness (QED) is 0.366. The van der Waals surface area contributed by atoms with Crippen molar-refractivity contribution < 1.29 is 62.6 Å². The van der Waals surface area contributed by atoms with Crippen molar-refractivity contribution in [3.8, 4) is 11.1 Å². The minimum Gasteiger partial charge on any atom is -1.00 e. The summed E-state index contributed by atoms with van der Waals surface area (Å²) < 4.78 is 12.9. The van der Waals surface area contributed by atoms with Crippen molar-refractivity contribution in [2.75, 3.05) is 67.6 Å². The second kappa shape index (κ2) is 9.80. The second-order valence-electron chi connectivity index (χ2n) is 10.1. The standard InChI is InChI=1S/C24H34N2O4.2BrH/c1-25(2)13-15-29-23(27,17-25)21-9-5-19(6-10-21)20-7-11-22(12-8-20)24(28)18-26(3,4)14-16-30-24;;/h5-12,27-28H,13-18H2,1-4H3;2*1H/q+2;;/p-2/t23-,24-;;/m1../s1. The van der Waals surface area contributed by atoms with E-state index in [-0.39, 0.29) is 34.0 Å². The lowest BCUT2D eigenvalue weighted by Gasteiger charge is -2.42. The molecule has 0 amide bonds. The summed E-state index contributed by atoms with van der Waals surface area (Å²) in [6.07, 6.45) is 0. The molecule has 0 radical (unpaired) electrons. The SMILES string of the molecule is C[N+]1(C)CCO[C@@](O)(c2ccc(-c3ccc([C@@]4(O)C[N+](C)(C)CCO4)cc3)cc2)C1.[Br-].[Br-]. The molecular formula is C24H34Br2N2O4. The van der Waals surface area contributed by atoms with E-state index in [9.17, 15) is 10.2 Å². The highest BCUT2D eigenvalue weighted by atomic mass is 79.9. The largest absolute Gasteiger partial charge is 1.00 e. The maximum atomic E-state index is 11.0. The van der Waals surface area contributed by atoms with Gasteiger partial charge in [-0.25, -0.2) is 0 Å². The first kappa shape index (κ1) is 27.4. The van der Waals surface area contributed by atoms with Crippen molar-refractivity contribution in [2.24, 2.45) is 0 Å². The first-order valence-corrected chi connectivity index (χ1v) is 10.6. The molecule has 0 aliphatic carbocycles. The van der Waals surface area contributed by atoms with E-state index in [1.165, 1.54) is 0 Å². The van der Waals surface area contributed by atoms with E-state index in [1.807, 2.05) is 48.5 Å². The van der Waals surface area contributed by atoms with Crippen molar-refractivity contribution in [3.05, 3.63) is 59.7 Å².